The van der Waals surface area contributed by atoms with E-state index in [1.807, 2.05) is 4.90 Å². The Morgan fingerprint density at radius 2 is 2.26 bits per heavy atom. The lowest BCUT2D eigenvalue weighted by Gasteiger charge is -2.27. The molecular weight excluding hydrogens is 312 g/mol. The lowest BCUT2D eigenvalue weighted by molar-refractivity contribution is -0.131. The monoisotopic (exact) mass is 338 g/mol. The summed E-state index contributed by atoms with van der Waals surface area (Å²) in [6.45, 7) is 3.70. The summed E-state index contributed by atoms with van der Waals surface area (Å²) in [7, 11) is 3.43. The van der Waals surface area contributed by atoms with Crippen molar-refractivity contribution in [2.75, 3.05) is 40.4 Å². The minimum Gasteiger partial charge on any atom is -0.385 e. The molecule has 0 fully saturated rings. The molecule has 0 spiro atoms. The van der Waals surface area contributed by atoms with E-state index in [-0.39, 0.29) is 5.91 Å². The van der Waals surface area contributed by atoms with Crippen LogP contribution in [0.5, 0.6) is 0 Å². The van der Waals surface area contributed by atoms with Gasteiger partial charge in [-0.25, -0.2) is 0 Å². The van der Waals surface area contributed by atoms with Crippen molar-refractivity contribution in [3.05, 3.63) is 21.9 Å². The average Bonchev–Trinajstić information content (AvgIpc) is 3.04. The SMILES string of the molecule is CN=C(NCCCOC)NCCC(=O)N1CCc2sccc2C1. The number of methoxy groups -OCH3 is 1. The fraction of sp³-hybridized carbons (Fsp3) is 0.625. The van der Waals surface area contributed by atoms with E-state index in [2.05, 4.69) is 27.1 Å². The first-order valence-electron chi connectivity index (χ1n) is 8.01. The van der Waals surface area contributed by atoms with Crippen LogP contribution in [-0.4, -0.2) is 57.2 Å². The summed E-state index contributed by atoms with van der Waals surface area (Å²) in [5.41, 5.74) is 1.30. The lowest BCUT2D eigenvalue weighted by Crippen LogP contribution is -2.41. The fourth-order valence-electron chi connectivity index (χ4n) is 2.55. The van der Waals surface area contributed by atoms with Gasteiger partial charge in [0.1, 0.15) is 0 Å². The number of ether oxygens (including phenoxy) is 1. The highest BCUT2D eigenvalue weighted by atomic mass is 32.1. The second-order valence-electron chi connectivity index (χ2n) is 5.46. The van der Waals surface area contributed by atoms with Gasteiger partial charge in [-0.1, -0.05) is 0 Å². The van der Waals surface area contributed by atoms with Crippen molar-refractivity contribution >= 4 is 23.2 Å². The number of aliphatic imine (C=N–C) groups is 1. The fourth-order valence-corrected chi connectivity index (χ4v) is 3.44. The first-order chi connectivity index (χ1) is 11.2. The molecule has 2 rings (SSSR count). The summed E-state index contributed by atoms with van der Waals surface area (Å²) in [5, 5.41) is 8.50. The maximum Gasteiger partial charge on any atom is 0.224 e. The third kappa shape index (κ3) is 5.51. The standard InChI is InChI=1S/C16H26N4O2S/c1-17-16(18-7-3-10-22-2)19-8-4-15(21)20-9-5-14-13(12-20)6-11-23-14/h6,11H,3-5,7-10,12H2,1-2H3,(H2,17,18,19). The average molecular weight is 338 g/mol. The smallest absolute Gasteiger partial charge is 0.224 e. The van der Waals surface area contributed by atoms with Gasteiger partial charge in [0.05, 0.1) is 0 Å². The van der Waals surface area contributed by atoms with Crippen LogP contribution in [0.2, 0.25) is 0 Å². The summed E-state index contributed by atoms with van der Waals surface area (Å²) in [5.74, 6) is 0.928. The van der Waals surface area contributed by atoms with Crippen LogP contribution >= 0.6 is 11.3 Å². The lowest BCUT2D eigenvalue weighted by atomic mass is 10.1. The summed E-state index contributed by atoms with van der Waals surface area (Å²) < 4.78 is 5.01. The summed E-state index contributed by atoms with van der Waals surface area (Å²) in [6, 6.07) is 2.13. The Morgan fingerprint density at radius 1 is 1.43 bits per heavy atom. The van der Waals surface area contributed by atoms with Gasteiger partial charge in [0.15, 0.2) is 5.96 Å². The van der Waals surface area contributed by atoms with Gasteiger partial charge in [-0.15, -0.1) is 11.3 Å². The van der Waals surface area contributed by atoms with Crippen molar-refractivity contribution in [3.63, 3.8) is 0 Å². The van der Waals surface area contributed by atoms with Crippen LogP contribution in [0.4, 0.5) is 0 Å². The van der Waals surface area contributed by atoms with Gasteiger partial charge in [0.2, 0.25) is 5.91 Å². The number of hydrogen-bond acceptors (Lipinski definition) is 4. The minimum absolute atomic E-state index is 0.198. The number of rotatable bonds is 7. The summed E-state index contributed by atoms with van der Waals surface area (Å²) in [4.78, 5) is 19.8. The van der Waals surface area contributed by atoms with Gasteiger partial charge in [0.25, 0.3) is 0 Å². The Morgan fingerprint density at radius 3 is 3.04 bits per heavy atom. The molecule has 1 aromatic heterocycles. The van der Waals surface area contributed by atoms with Gasteiger partial charge in [-0.2, -0.15) is 0 Å². The van der Waals surface area contributed by atoms with Crippen molar-refractivity contribution in [2.24, 2.45) is 4.99 Å². The van der Waals surface area contributed by atoms with Crippen LogP contribution < -0.4 is 10.6 Å². The van der Waals surface area contributed by atoms with Crippen LogP contribution in [0.1, 0.15) is 23.3 Å². The second-order valence-corrected chi connectivity index (χ2v) is 6.46. The van der Waals surface area contributed by atoms with E-state index < -0.39 is 0 Å². The van der Waals surface area contributed by atoms with Gasteiger partial charge in [-0.05, 0) is 29.9 Å². The number of nitrogens with zero attached hydrogens (tertiary/aromatic N) is 2. The number of hydrogen-bond donors (Lipinski definition) is 2. The largest absolute Gasteiger partial charge is 0.385 e. The van der Waals surface area contributed by atoms with E-state index in [0.29, 0.717) is 13.0 Å². The molecule has 1 aliphatic rings. The van der Waals surface area contributed by atoms with Gasteiger partial charge < -0.3 is 20.3 Å². The molecule has 2 N–H and O–H groups in total. The zero-order valence-electron chi connectivity index (χ0n) is 13.9. The number of carbonyl (C=O) groups is 1. The van der Waals surface area contributed by atoms with Crippen LogP contribution in [0, 0.1) is 0 Å². The van der Waals surface area contributed by atoms with Crippen LogP contribution in [0.25, 0.3) is 0 Å². The zero-order chi connectivity index (χ0) is 16.5. The highest BCUT2D eigenvalue weighted by molar-refractivity contribution is 7.10. The van der Waals surface area contributed by atoms with Crippen molar-refractivity contribution < 1.29 is 9.53 Å². The maximum absolute atomic E-state index is 12.3. The second kappa shape index (κ2) is 9.52. The van der Waals surface area contributed by atoms with E-state index in [0.717, 1.165) is 45.0 Å². The van der Waals surface area contributed by atoms with Crippen molar-refractivity contribution in [1.29, 1.82) is 0 Å². The van der Waals surface area contributed by atoms with E-state index >= 15 is 0 Å². The first-order valence-corrected chi connectivity index (χ1v) is 8.89. The molecule has 0 aliphatic carbocycles. The topological polar surface area (TPSA) is 66.0 Å². The molecule has 7 heteroatoms. The quantitative estimate of drug-likeness (QED) is 0.446. The molecule has 0 saturated carbocycles. The molecule has 1 amide bonds. The molecule has 0 aromatic carbocycles. The van der Waals surface area contributed by atoms with Gasteiger partial charge in [0, 0.05) is 58.2 Å². The number of amides is 1. The van der Waals surface area contributed by atoms with Crippen molar-refractivity contribution in [3.8, 4) is 0 Å². The van der Waals surface area contributed by atoms with Gasteiger partial charge >= 0.3 is 0 Å². The van der Waals surface area contributed by atoms with E-state index in [1.54, 1.807) is 25.5 Å². The molecule has 0 bridgehead atoms. The summed E-state index contributed by atoms with van der Waals surface area (Å²) >= 11 is 1.79. The van der Waals surface area contributed by atoms with E-state index in [4.69, 9.17) is 4.74 Å². The predicted octanol–water partition coefficient (Wildman–Crippen LogP) is 1.22. The van der Waals surface area contributed by atoms with Crippen LogP contribution in [-0.2, 0) is 22.5 Å². The van der Waals surface area contributed by atoms with Crippen LogP contribution in [0.3, 0.4) is 0 Å². The molecule has 0 radical (unpaired) electrons. The maximum atomic E-state index is 12.3. The van der Waals surface area contributed by atoms with E-state index in [1.165, 1.54) is 10.4 Å². The molecule has 1 aromatic rings. The third-order valence-corrected chi connectivity index (χ3v) is 4.86. The number of guanidine groups is 1. The van der Waals surface area contributed by atoms with E-state index in [9.17, 15) is 4.79 Å². The number of carbonyl (C=O) groups excluding carboxylic acids is 1. The van der Waals surface area contributed by atoms with Gasteiger partial charge in [-0.3, -0.25) is 9.79 Å². The number of nitrogens with one attached hydrogen (secondary N) is 2. The first kappa shape index (κ1) is 17.7. The number of thiophene rings is 1. The molecule has 0 saturated heterocycles. The number of fused-ring (bicyclic) bond motifs is 1. The zero-order valence-corrected chi connectivity index (χ0v) is 14.7. The Labute approximate surface area is 141 Å². The predicted molar refractivity (Wildman–Crippen MR) is 93.9 cm³/mol. The molecule has 0 atom stereocenters. The Balaban J connectivity index is 1.66. The Hall–Kier alpha value is -1.60. The molecule has 2 heterocycles. The highest BCUT2D eigenvalue weighted by Crippen LogP contribution is 2.24. The molecule has 128 valence electrons. The highest BCUT2D eigenvalue weighted by Gasteiger charge is 2.20. The molecule has 23 heavy (non-hydrogen) atoms. The molecule has 6 nitrogen and oxygen atoms in total. The molecule has 1 aliphatic heterocycles. The molecule has 0 unspecified atom stereocenters. The Bertz CT molecular complexity index is 530. The Kier molecular flexibility index (Phi) is 7.35. The minimum atomic E-state index is 0.198. The normalized spacial score (nSPS) is 14.5. The molecular formula is C16H26N4O2S. The van der Waals surface area contributed by atoms with Crippen molar-refractivity contribution in [1.82, 2.24) is 15.5 Å². The summed E-state index contributed by atoms with van der Waals surface area (Å²) in [6.07, 6.45) is 2.39. The van der Waals surface area contributed by atoms with Crippen LogP contribution in [0.15, 0.2) is 16.4 Å². The third-order valence-electron chi connectivity index (χ3n) is 3.83. The van der Waals surface area contributed by atoms with Crippen molar-refractivity contribution in [2.45, 2.75) is 25.8 Å².